The molecule has 0 bridgehead atoms. The smallest absolute Gasteiger partial charge is 0.256 e. The molecule has 1 heterocycles. The molecule has 30 heavy (non-hydrogen) atoms. The maximum absolute atomic E-state index is 12.6. The molecule has 0 saturated heterocycles. The number of hydrogen-bond acceptors (Lipinski definition) is 4. The van der Waals surface area contributed by atoms with Gasteiger partial charge in [0.1, 0.15) is 10.7 Å². The highest BCUT2D eigenvalue weighted by Gasteiger charge is 2.25. The van der Waals surface area contributed by atoms with E-state index in [1.807, 2.05) is 36.4 Å². The molecule has 3 aromatic rings. The second kappa shape index (κ2) is 8.55. The summed E-state index contributed by atoms with van der Waals surface area (Å²) >= 11 is 6.09. The number of anilines is 1. The number of amides is 1. The Hall–Kier alpha value is -2.74. The van der Waals surface area contributed by atoms with Gasteiger partial charge in [0.2, 0.25) is 10.0 Å². The molecule has 0 spiro atoms. The van der Waals surface area contributed by atoms with Gasteiger partial charge < -0.3 is 5.32 Å². The van der Waals surface area contributed by atoms with Crippen molar-refractivity contribution < 1.29 is 13.2 Å². The first-order valence-corrected chi connectivity index (χ1v) is 11.1. The molecule has 0 atom stereocenters. The molecule has 0 aliphatic heterocycles. The number of carbonyl (C=O) groups excluding carboxylic acids is 1. The van der Waals surface area contributed by atoms with E-state index in [1.165, 1.54) is 18.2 Å². The van der Waals surface area contributed by atoms with Crippen LogP contribution < -0.4 is 10.0 Å². The van der Waals surface area contributed by atoms with Crippen molar-refractivity contribution in [2.45, 2.75) is 31.2 Å². The van der Waals surface area contributed by atoms with Crippen LogP contribution in [0.5, 0.6) is 0 Å². The summed E-state index contributed by atoms with van der Waals surface area (Å²) in [5.74, 6) is -0.134. The first kappa shape index (κ1) is 22.0. The summed E-state index contributed by atoms with van der Waals surface area (Å²) in [6, 6.07) is 17.4. The van der Waals surface area contributed by atoms with Crippen molar-refractivity contribution in [2.24, 2.45) is 0 Å². The number of halogens is 1. The zero-order chi connectivity index (χ0) is 21.9. The van der Waals surface area contributed by atoms with Crippen LogP contribution >= 0.6 is 11.6 Å². The first-order valence-electron chi connectivity index (χ1n) is 9.21. The number of carbonyl (C=O) groups is 1. The molecule has 0 fully saturated rings. The van der Waals surface area contributed by atoms with E-state index >= 15 is 0 Å². The van der Waals surface area contributed by atoms with Gasteiger partial charge in [0.15, 0.2) is 0 Å². The van der Waals surface area contributed by atoms with Crippen molar-refractivity contribution in [3.05, 3.63) is 77.4 Å². The number of sulfonamides is 1. The minimum absolute atomic E-state index is 0.0358. The van der Waals surface area contributed by atoms with Crippen molar-refractivity contribution in [2.75, 3.05) is 5.32 Å². The summed E-state index contributed by atoms with van der Waals surface area (Å²) in [4.78, 5) is 16.8. The van der Waals surface area contributed by atoms with Gasteiger partial charge in [0, 0.05) is 22.9 Å². The number of hydrogen-bond donors (Lipinski definition) is 2. The van der Waals surface area contributed by atoms with Crippen LogP contribution in [0.15, 0.2) is 71.8 Å². The fourth-order valence-electron chi connectivity index (χ4n) is 2.77. The van der Waals surface area contributed by atoms with Gasteiger partial charge in [-0.3, -0.25) is 4.79 Å². The molecule has 0 aliphatic carbocycles. The van der Waals surface area contributed by atoms with E-state index < -0.39 is 21.5 Å². The van der Waals surface area contributed by atoms with Crippen LogP contribution in [0.4, 0.5) is 5.82 Å². The van der Waals surface area contributed by atoms with E-state index in [-0.39, 0.29) is 15.5 Å². The summed E-state index contributed by atoms with van der Waals surface area (Å²) in [6.45, 7) is 5.17. The highest BCUT2D eigenvalue weighted by molar-refractivity contribution is 7.89. The predicted molar refractivity (Wildman–Crippen MR) is 119 cm³/mol. The minimum Gasteiger partial charge on any atom is -0.307 e. The molecule has 156 valence electrons. The number of nitrogens with one attached hydrogen (secondary N) is 2. The lowest BCUT2D eigenvalue weighted by Gasteiger charge is -2.21. The Morgan fingerprint density at radius 1 is 0.967 bits per heavy atom. The molecular formula is C22H22ClN3O3S. The third-order valence-corrected chi connectivity index (χ3v) is 6.28. The van der Waals surface area contributed by atoms with Gasteiger partial charge >= 0.3 is 0 Å². The summed E-state index contributed by atoms with van der Waals surface area (Å²) in [7, 11) is -3.89. The van der Waals surface area contributed by atoms with Gasteiger partial charge in [0.25, 0.3) is 5.91 Å². The van der Waals surface area contributed by atoms with E-state index in [1.54, 1.807) is 33.0 Å². The minimum atomic E-state index is -3.89. The molecule has 0 radical (unpaired) electrons. The second-order valence-electron chi connectivity index (χ2n) is 7.75. The van der Waals surface area contributed by atoms with Crippen molar-refractivity contribution in [3.8, 4) is 11.1 Å². The van der Waals surface area contributed by atoms with Crippen molar-refractivity contribution in [1.29, 1.82) is 0 Å². The first-order chi connectivity index (χ1) is 14.0. The lowest BCUT2D eigenvalue weighted by atomic mass is 10.1. The van der Waals surface area contributed by atoms with Crippen molar-refractivity contribution in [1.82, 2.24) is 9.71 Å². The molecule has 3 rings (SSSR count). The van der Waals surface area contributed by atoms with Gasteiger partial charge in [-0.15, -0.1) is 0 Å². The quantitative estimate of drug-likeness (QED) is 0.596. The van der Waals surface area contributed by atoms with Gasteiger partial charge in [-0.2, -0.15) is 0 Å². The van der Waals surface area contributed by atoms with Crippen LogP contribution in [0.1, 0.15) is 31.1 Å². The largest absolute Gasteiger partial charge is 0.307 e. The molecule has 1 aromatic heterocycles. The van der Waals surface area contributed by atoms with Crippen molar-refractivity contribution in [3.63, 3.8) is 0 Å². The van der Waals surface area contributed by atoms with Crippen LogP contribution in [0.2, 0.25) is 5.02 Å². The Balaban J connectivity index is 1.81. The maximum atomic E-state index is 12.6. The Bertz CT molecular complexity index is 1160. The van der Waals surface area contributed by atoms with E-state index in [2.05, 4.69) is 15.0 Å². The Morgan fingerprint density at radius 3 is 2.27 bits per heavy atom. The van der Waals surface area contributed by atoms with Crippen LogP contribution in [-0.2, 0) is 10.0 Å². The molecule has 1 amide bonds. The number of aromatic nitrogens is 1. The third-order valence-electron chi connectivity index (χ3n) is 4.04. The van der Waals surface area contributed by atoms with Gasteiger partial charge in [-0.1, -0.05) is 41.9 Å². The number of rotatable bonds is 5. The van der Waals surface area contributed by atoms with E-state index in [0.717, 1.165) is 11.1 Å². The van der Waals surface area contributed by atoms with Gasteiger partial charge in [0.05, 0.1) is 5.02 Å². The number of benzene rings is 2. The zero-order valence-electron chi connectivity index (χ0n) is 16.8. The standard InChI is InChI=1S/C22H22ClN3O3S/c1-22(2,3)26-30(28,29)19-13-16(9-11-18(19)23)21(27)25-20-12-10-17(14-24-20)15-7-5-4-6-8-15/h4-14,26H,1-3H3,(H,24,25,27). The van der Waals surface area contributed by atoms with E-state index in [4.69, 9.17) is 11.6 Å². The Labute approximate surface area is 181 Å². The molecule has 0 unspecified atom stereocenters. The second-order valence-corrected chi connectivity index (χ2v) is 9.81. The molecule has 0 aliphatic rings. The van der Waals surface area contributed by atoms with Crippen LogP contribution in [0.25, 0.3) is 11.1 Å². The fraction of sp³-hybridized carbons (Fsp3) is 0.182. The SMILES string of the molecule is CC(C)(C)NS(=O)(=O)c1cc(C(=O)Nc2ccc(-c3ccccc3)cn2)ccc1Cl. The predicted octanol–water partition coefficient (Wildman–Crippen LogP) is 4.73. The molecule has 2 N–H and O–H groups in total. The summed E-state index contributed by atoms with van der Waals surface area (Å²) in [5, 5.41) is 2.71. The summed E-state index contributed by atoms with van der Waals surface area (Å²) < 4.78 is 27.8. The highest BCUT2D eigenvalue weighted by atomic mass is 35.5. The van der Waals surface area contributed by atoms with Gasteiger partial charge in [-0.25, -0.2) is 18.1 Å². The number of pyridine rings is 1. The third kappa shape index (κ3) is 5.44. The lowest BCUT2D eigenvalue weighted by Crippen LogP contribution is -2.40. The Kier molecular flexibility index (Phi) is 6.26. The highest BCUT2D eigenvalue weighted by Crippen LogP contribution is 2.25. The Morgan fingerprint density at radius 2 is 1.67 bits per heavy atom. The van der Waals surface area contributed by atoms with E-state index in [9.17, 15) is 13.2 Å². The molecular weight excluding hydrogens is 422 g/mol. The zero-order valence-corrected chi connectivity index (χ0v) is 18.4. The fourth-order valence-corrected chi connectivity index (χ4v) is 4.71. The topological polar surface area (TPSA) is 88.2 Å². The number of nitrogens with zero attached hydrogens (tertiary/aromatic N) is 1. The average molecular weight is 444 g/mol. The average Bonchev–Trinajstić information content (AvgIpc) is 2.67. The monoisotopic (exact) mass is 443 g/mol. The van der Waals surface area contributed by atoms with Crippen LogP contribution in [0.3, 0.4) is 0 Å². The van der Waals surface area contributed by atoms with Gasteiger partial charge in [-0.05, 0) is 56.7 Å². The van der Waals surface area contributed by atoms with E-state index in [0.29, 0.717) is 5.82 Å². The summed E-state index contributed by atoms with van der Waals surface area (Å²) in [6.07, 6.45) is 1.66. The molecule has 6 nitrogen and oxygen atoms in total. The lowest BCUT2D eigenvalue weighted by molar-refractivity contribution is 0.102. The van der Waals surface area contributed by atoms with Crippen LogP contribution in [-0.4, -0.2) is 24.8 Å². The molecule has 0 saturated carbocycles. The normalized spacial score (nSPS) is 11.9. The van der Waals surface area contributed by atoms with Crippen LogP contribution in [0, 0.1) is 0 Å². The van der Waals surface area contributed by atoms with Crippen molar-refractivity contribution >= 4 is 33.3 Å². The summed E-state index contributed by atoms with van der Waals surface area (Å²) in [5.41, 5.74) is 1.40. The maximum Gasteiger partial charge on any atom is 0.256 e. The molecule has 2 aromatic carbocycles. The molecule has 8 heteroatoms.